The molecular weight excluding hydrogens is 959 g/mol. The van der Waals surface area contributed by atoms with E-state index in [-0.39, 0.29) is 17.3 Å². The van der Waals surface area contributed by atoms with Crippen LogP contribution >= 0.6 is 12.8 Å². The molecule has 0 aliphatic rings. The van der Waals surface area contributed by atoms with Gasteiger partial charge in [0.05, 0.1) is 17.9 Å². The number of benzene rings is 7. The van der Waals surface area contributed by atoms with Gasteiger partial charge in [-0.2, -0.15) is 15.0 Å². The number of unbranched alkanes of at least 4 members (excludes halogenated alkanes) is 4. The molecule has 0 bridgehead atoms. The summed E-state index contributed by atoms with van der Waals surface area (Å²) in [6, 6.07) is 50.3. The molecule has 76 heavy (non-hydrogen) atoms. The number of ketones is 3. The van der Waals surface area contributed by atoms with E-state index in [9.17, 15) is 14.4 Å². The first-order chi connectivity index (χ1) is 37.1. The van der Waals surface area contributed by atoms with Crippen LogP contribution in [0.15, 0.2) is 152 Å². The van der Waals surface area contributed by atoms with Gasteiger partial charge in [0.1, 0.15) is 11.0 Å². The minimum Gasteiger partial charge on any atom is -0.396 e. The Bertz CT molecular complexity index is 3130. The second-order valence-electron chi connectivity index (χ2n) is 19.8. The molecule has 1 atom stereocenters. The SMILES string of the molecule is CCCCC(=O)c1ccc(N(c2ccc(C(=O)CCCC)cc2)c2ccc(-c3c(N)c(NS)c(-c4ccc(N(c5ccccc5)c5ccc(C(=O)CCCC)cc5)cc4)c4nn(CC(CC)CCCC)nc34)cc2)cc1. The quantitative estimate of drug-likeness (QED) is 0.0262. The zero-order valence-corrected chi connectivity index (χ0v) is 45.8. The molecule has 10 nitrogen and oxygen atoms in total. The number of para-hydroxylation sites is 1. The Hall–Kier alpha value is -7.50. The van der Waals surface area contributed by atoms with E-state index in [4.69, 9.17) is 28.7 Å². The number of carbonyl (C=O) groups excluding carboxylic acids is 3. The largest absolute Gasteiger partial charge is 0.396 e. The smallest absolute Gasteiger partial charge is 0.162 e. The van der Waals surface area contributed by atoms with Crippen molar-refractivity contribution < 1.29 is 14.4 Å². The van der Waals surface area contributed by atoms with Crippen molar-refractivity contribution in [3.63, 3.8) is 0 Å². The molecule has 0 spiro atoms. The third kappa shape index (κ3) is 12.6. The van der Waals surface area contributed by atoms with Gasteiger partial charge >= 0.3 is 0 Å². The molecule has 0 fully saturated rings. The second-order valence-corrected chi connectivity index (χ2v) is 20.1. The van der Waals surface area contributed by atoms with Crippen LogP contribution in [0.3, 0.4) is 0 Å². The van der Waals surface area contributed by atoms with Crippen LogP contribution in [0.1, 0.15) is 149 Å². The van der Waals surface area contributed by atoms with Crippen LogP contribution in [0.5, 0.6) is 0 Å². The molecule has 7 aromatic carbocycles. The van der Waals surface area contributed by atoms with Gasteiger partial charge in [-0.25, -0.2) is 0 Å². The second kappa shape index (κ2) is 26.3. The number of thiol groups is 1. The normalized spacial score (nSPS) is 11.7. The first-order valence-corrected chi connectivity index (χ1v) is 27.9. The van der Waals surface area contributed by atoms with Crippen molar-refractivity contribution in [3.8, 4) is 22.3 Å². The lowest BCUT2D eigenvalue weighted by Gasteiger charge is -2.26. The third-order valence-corrected chi connectivity index (χ3v) is 14.7. The minimum atomic E-state index is 0.133. The van der Waals surface area contributed by atoms with E-state index in [0.29, 0.717) is 65.3 Å². The maximum Gasteiger partial charge on any atom is 0.162 e. The lowest BCUT2D eigenvalue weighted by Crippen LogP contribution is -2.12. The summed E-state index contributed by atoms with van der Waals surface area (Å²) in [6.07, 6.45) is 11.4. The fraction of sp³-hybridized carbons (Fsp3) is 0.308. The Morgan fingerprint density at radius 2 is 0.855 bits per heavy atom. The molecule has 0 aliphatic carbocycles. The Morgan fingerprint density at radius 1 is 0.500 bits per heavy atom. The van der Waals surface area contributed by atoms with Crippen molar-refractivity contribution >= 4 is 86.7 Å². The van der Waals surface area contributed by atoms with E-state index in [1.54, 1.807) is 0 Å². The monoisotopic (exact) mass is 1030 g/mol. The zero-order chi connectivity index (χ0) is 53.6. The van der Waals surface area contributed by atoms with E-state index in [1.165, 1.54) is 0 Å². The Balaban J connectivity index is 1.21. The van der Waals surface area contributed by atoms with Gasteiger partial charge in [0.2, 0.25) is 0 Å². The summed E-state index contributed by atoms with van der Waals surface area (Å²) in [7, 11) is 0. The number of anilines is 8. The average molecular weight is 1030 g/mol. The molecule has 8 rings (SSSR count). The molecule has 8 aromatic rings. The van der Waals surface area contributed by atoms with Crippen molar-refractivity contribution in [1.29, 1.82) is 0 Å². The number of rotatable bonds is 27. The van der Waals surface area contributed by atoms with Gasteiger partial charge in [0, 0.05) is 81.2 Å². The summed E-state index contributed by atoms with van der Waals surface area (Å²) in [6.45, 7) is 11.4. The van der Waals surface area contributed by atoms with Crippen LogP contribution in [0.25, 0.3) is 33.3 Å². The Labute approximate surface area is 455 Å². The van der Waals surface area contributed by atoms with Crippen molar-refractivity contribution in [3.05, 3.63) is 168 Å². The number of nitrogens with two attached hydrogens (primary N) is 1. The van der Waals surface area contributed by atoms with E-state index in [2.05, 4.69) is 110 Å². The summed E-state index contributed by atoms with van der Waals surface area (Å²) in [5.41, 5.74) is 20.7. The molecule has 11 heteroatoms. The molecule has 3 N–H and O–H groups in total. The van der Waals surface area contributed by atoms with Gasteiger partial charge in [0.15, 0.2) is 17.3 Å². The topological polar surface area (TPSA) is 126 Å². The van der Waals surface area contributed by atoms with Crippen LogP contribution < -0.4 is 20.3 Å². The zero-order valence-electron chi connectivity index (χ0n) is 44.9. The molecule has 392 valence electrons. The van der Waals surface area contributed by atoms with Crippen LogP contribution in [0, 0.1) is 5.92 Å². The predicted molar refractivity (Wildman–Crippen MR) is 320 cm³/mol. The van der Waals surface area contributed by atoms with Gasteiger partial charge < -0.3 is 20.3 Å². The van der Waals surface area contributed by atoms with E-state index < -0.39 is 0 Å². The molecule has 0 amide bonds. The number of nitrogens with one attached hydrogen (secondary N) is 1. The highest BCUT2D eigenvalue weighted by Gasteiger charge is 2.26. The number of aromatic nitrogens is 3. The number of fused-ring (bicyclic) bond motifs is 1. The maximum absolute atomic E-state index is 13.0. The molecule has 0 aliphatic heterocycles. The van der Waals surface area contributed by atoms with Crippen molar-refractivity contribution in [1.82, 2.24) is 15.0 Å². The molecule has 0 saturated heterocycles. The van der Waals surface area contributed by atoms with Gasteiger partial charge in [-0.3, -0.25) is 14.4 Å². The number of Topliss-reactive ketones (excluding diaryl/α,β-unsaturated/α-hetero) is 3. The molecule has 1 unspecified atom stereocenters. The summed E-state index contributed by atoms with van der Waals surface area (Å²) in [4.78, 5) is 45.2. The van der Waals surface area contributed by atoms with Crippen LogP contribution in [-0.4, -0.2) is 32.3 Å². The van der Waals surface area contributed by atoms with Gasteiger partial charge in [0.25, 0.3) is 0 Å². The molecule has 0 saturated carbocycles. The van der Waals surface area contributed by atoms with Crippen LogP contribution in [0.2, 0.25) is 0 Å². The standard InChI is InChI=1S/C65H73N7O3S/c1-6-11-18-45(10-5)44-70-67-64-60(49-30-40-56(41-31-49)72(53-36-26-47(27-37-53)58(74)22-13-8-3)54-38-28-48(29-39-54)59(75)23-14-9-4)62(66)63(69-76)61(65(64)68-70)50-32-42-55(43-33-50)71(51-19-16-15-17-20-51)52-34-24-46(25-35-52)57(73)21-12-7-2/h15-17,19-20,24-43,45,69,76H,6-14,18,21-23,44,66H2,1-5H3. The Kier molecular flexibility index (Phi) is 19.0. The van der Waals surface area contributed by atoms with Crippen LogP contribution in [-0.2, 0) is 6.54 Å². The van der Waals surface area contributed by atoms with E-state index in [1.807, 2.05) is 95.8 Å². The number of nitrogens with zero attached hydrogens (tertiary/aromatic N) is 5. The van der Waals surface area contributed by atoms with Crippen LogP contribution in [0.4, 0.5) is 45.5 Å². The molecule has 1 heterocycles. The molecule has 0 radical (unpaired) electrons. The highest BCUT2D eigenvalue weighted by molar-refractivity contribution is 7.81. The number of hydrogen-bond acceptors (Lipinski definition) is 10. The molecular formula is C65H73N7O3S. The summed E-state index contributed by atoms with van der Waals surface area (Å²) >= 11 is 4.72. The number of nitrogen functional groups attached to an aromatic ring is 1. The lowest BCUT2D eigenvalue weighted by molar-refractivity contribution is 0.0972. The summed E-state index contributed by atoms with van der Waals surface area (Å²) < 4.78 is 3.19. The van der Waals surface area contributed by atoms with Crippen molar-refractivity contribution in [2.24, 2.45) is 5.92 Å². The average Bonchev–Trinajstić information content (AvgIpc) is 3.88. The molecule has 1 aromatic heterocycles. The number of hydrogen-bond donors (Lipinski definition) is 3. The maximum atomic E-state index is 13.0. The Morgan fingerprint density at radius 3 is 1.22 bits per heavy atom. The minimum absolute atomic E-state index is 0.133. The summed E-state index contributed by atoms with van der Waals surface area (Å²) in [5.74, 6) is 0.825. The van der Waals surface area contributed by atoms with Crippen molar-refractivity contribution in [2.75, 3.05) is 20.3 Å². The fourth-order valence-corrected chi connectivity index (χ4v) is 10.2. The first kappa shape index (κ1) is 54.8. The van der Waals surface area contributed by atoms with Gasteiger partial charge in [-0.1, -0.05) is 128 Å². The fourth-order valence-electron chi connectivity index (χ4n) is 9.97. The predicted octanol–water partition coefficient (Wildman–Crippen LogP) is 17.9. The van der Waals surface area contributed by atoms with Gasteiger partial charge in [-0.15, -0.1) is 0 Å². The first-order valence-electron chi connectivity index (χ1n) is 27.5. The van der Waals surface area contributed by atoms with Gasteiger partial charge in [-0.05, 0) is 152 Å². The van der Waals surface area contributed by atoms with E-state index in [0.717, 1.165) is 126 Å². The third-order valence-electron chi connectivity index (χ3n) is 14.5. The lowest BCUT2D eigenvalue weighted by atomic mass is 9.93. The highest BCUT2D eigenvalue weighted by Crippen LogP contribution is 2.48. The van der Waals surface area contributed by atoms with E-state index >= 15 is 0 Å². The summed E-state index contributed by atoms with van der Waals surface area (Å²) in [5, 5.41) is 10.6. The highest BCUT2D eigenvalue weighted by atomic mass is 32.1. The number of carbonyl (C=O) groups is 3. The van der Waals surface area contributed by atoms with Crippen molar-refractivity contribution in [2.45, 2.75) is 125 Å².